The van der Waals surface area contributed by atoms with Crippen LogP contribution in [0.2, 0.25) is 10.0 Å². The first kappa shape index (κ1) is 16.0. The normalized spacial score (nSPS) is 21.1. The molecule has 1 aromatic carbocycles. The molecule has 1 aliphatic rings. The molecule has 0 radical (unpaired) electrons. The Hall–Kier alpha value is -0.370. The van der Waals surface area contributed by atoms with Crippen LogP contribution >= 0.6 is 23.2 Å². The van der Waals surface area contributed by atoms with E-state index < -0.39 is 10.0 Å². The second kappa shape index (κ2) is 6.17. The summed E-state index contributed by atoms with van der Waals surface area (Å²) in [5.41, 5.74) is 0.329. The molecule has 8 heteroatoms. The van der Waals surface area contributed by atoms with E-state index in [4.69, 9.17) is 27.9 Å². The van der Waals surface area contributed by atoms with E-state index in [9.17, 15) is 13.5 Å². The SMILES string of the molecule is CC1COCCN1S(=O)(=O)c1cc(CO)c(Cl)cc1Cl. The number of nitrogens with zero attached hydrogens (tertiary/aromatic N) is 1. The Balaban J connectivity index is 2.48. The van der Waals surface area contributed by atoms with Crippen LogP contribution in [0, 0.1) is 0 Å². The van der Waals surface area contributed by atoms with Crippen LogP contribution in [0.15, 0.2) is 17.0 Å². The third kappa shape index (κ3) is 2.95. The topological polar surface area (TPSA) is 66.8 Å². The summed E-state index contributed by atoms with van der Waals surface area (Å²) in [7, 11) is -3.74. The van der Waals surface area contributed by atoms with Crippen molar-refractivity contribution >= 4 is 33.2 Å². The van der Waals surface area contributed by atoms with Gasteiger partial charge in [-0.1, -0.05) is 23.2 Å². The van der Waals surface area contributed by atoms with Crippen LogP contribution in [0.4, 0.5) is 0 Å². The lowest BCUT2D eigenvalue weighted by molar-refractivity contribution is 0.0393. The van der Waals surface area contributed by atoms with Crippen molar-refractivity contribution in [3.63, 3.8) is 0 Å². The molecule has 1 fully saturated rings. The van der Waals surface area contributed by atoms with Crippen LogP contribution in [0.3, 0.4) is 0 Å². The van der Waals surface area contributed by atoms with Gasteiger partial charge < -0.3 is 9.84 Å². The molecule has 0 aromatic heterocycles. The predicted octanol–water partition coefficient (Wildman–Crippen LogP) is 1.90. The zero-order valence-electron chi connectivity index (χ0n) is 10.8. The van der Waals surface area contributed by atoms with E-state index in [2.05, 4.69) is 0 Å². The molecule has 112 valence electrons. The average molecular weight is 340 g/mol. The standard InChI is InChI=1S/C12H15Cl2NO4S/c1-8-7-19-3-2-15(8)20(17,18)12-4-9(6-16)10(13)5-11(12)14/h4-5,8,16H,2-3,6-7H2,1H3. The average Bonchev–Trinajstić information content (AvgIpc) is 2.38. The van der Waals surface area contributed by atoms with E-state index in [-0.39, 0.29) is 34.1 Å². The summed E-state index contributed by atoms with van der Waals surface area (Å²) < 4.78 is 31.9. The maximum atomic E-state index is 12.7. The number of rotatable bonds is 3. The minimum Gasteiger partial charge on any atom is -0.392 e. The molecule has 0 bridgehead atoms. The lowest BCUT2D eigenvalue weighted by Crippen LogP contribution is -2.47. The molecule has 1 atom stereocenters. The molecule has 1 unspecified atom stereocenters. The maximum Gasteiger partial charge on any atom is 0.244 e. The highest BCUT2D eigenvalue weighted by atomic mass is 35.5. The number of aliphatic hydroxyl groups is 1. The summed E-state index contributed by atoms with van der Waals surface area (Å²) in [5.74, 6) is 0. The van der Waals surface area contributed by atoms with Gasteiger partial charge in [0, 0.05) is 17.6 Å². The molecule has 1 heterocycles. The van der Waals surface area contributed by atoms with E-state index in [0.29, 0.717) is 18.8 Å². The van der Waals surface area contributed by atoms with E-state index in [1.165, 1.54) is 16.4 Å². The molecule has 1 aliphatic heterocycles. The monoisotopic (exact) mass is 339 g/mol. The van der Waals surface area contributed by atoms with Gasteiger partial charge in [-0.05, 0) is 24.6 Å². The minimum absolute atomic E-state index is 0.0404. The number of aliphatic hydroxyl groups excluding tert-OH is 1. The Labute approximate surface area is 128 Å². The molecule has 0 spiro atoms. The van der Waals surface area contributed by atoms with Gasteiger partial charge in [0.15, 0.2) is 0 Å². The van der Waals surface area contributed by atoms with Crippen molar-refractivity contribution in [1.82, 2.24) is 4.31 Å². The highest BCUT2D eigenvalue weighted by Crippen LogP contribution is 2.31. The van der Waals surface area contributed by atoms with E-state index >= 15 is 0 Å². The predicted molar refractivity (Wildman–Crippen MR) is 76.6 cm³/mol. The van der Waals surface area contributed by atoms with E-state index in [0.717, 1.165) is 0 Å². The second-order valence-electron chi connectivity index (χ2n) is 4.57. The van der Waals surface area contributed by atoms with Gasteiger partial charge in [0.2, 0.25) is 10.0 Å². The van der Waals surface area contributed by atoms with Crippen LogP contribution in [-0.4, -0.2) is 43.6 Å². The van der Waals surface area contributed by atoms with Crippen LogP contribution in [0.5, 0.6) is 0 Å². The molecule has 1 saturated heterocycles. The summed E-state index contributed by atoms with van der Waals surface area (Å²) in [4.78, 5) is -0.0404. The molecule has 20 heavy (non-hydrogen) atoms. The van der Waals surface area contributed by atoms with Gasteiger partial charge in [0.25, 0.3) is 0 Å². The lowest BCUT2D eigenvalue weighted by atomic mass is 10.2. The molecule has 0 saturated carbocycles. The van der Waals surface area contributed by atoms with Crippen LogP contribution in [0.25, 0.3) is 0 Å². The summed E-state index contributed by atoms with van der Waals surface area (Å²) in [6.45, 7) is 2.39. The van der Waals surface area contributed by atoms with Crippen molar-refractivity contribution < 1.29 is 18.3 Å². The molecular formula is C12H15Cl2NO4S. The van der Waals surface area contributed by atoms with Crippen molar-refractivity contribution in [2.24, 2.45) is 0 Å². The first-order valence-corrected chi connectivity index (χ1v) is 8.26. The largest absolute Gasteiger partial charge is 0.392 e. The first-order valence-electron chi connectivity index (χ1n) is 6.06. The molecule has 5 nitrogen and oxygen atoms in total. The molecular weight excluding hydrogens is 325 g/mol. The second-order valence-corrected chi connectivity index (χ2v) is 7.25. The first-order chi connectivity index (χ1) is 9.37. The number of halogens is 2. The molecule has 0 aliphatic carbocycles. The molecule has 2 rings (SSSR count). The highest BCUT2D eigenvalue weighted by molar-refractivity contribution is 7.89. The van der Waals surface area contributed by atoms with Crippen molar-refractivity contribution in [3.8, 4) is 0 Å². The minimum atomic E-state index is -3.74. The number of morpholine rings is 1. The van der Waals surface area contributed by atoms with Gasteiger partial charge in [-0.15, -0.1) is 0 Å². The van der Waals surface area contributed by atoms with Gasteiger partial charge in [-0.2, -0.15) is 4.31 Å². The highest BCUT2D eigenvalue weighted by Gasteiger charge is 2.33. The summed E-state index contributed by atoms with van der Waals surface area (Å²) in [6.07, 6.45) is 0. The number of hydrogen-bond acceptors (Lipinski definition) is 4. The van der Waals surface area contributed by atoms with Crippen molar-refractivity contribution in [2.45, 2.75) is 24.5 Å². The Morgan fingerprint density at radius 2 is 2.10 bits per heavy atom. The lowest BCUT2D eigenvalue weighted by Gasteiger charge is -2.32. The maximum absolute atomic E-state index is 12.7. The Morgan fingerprint density at radius 1 is 1.40 bits per heavy atom. The number of hydrogen-bond donors (Lipinski definition) is 1. The zero-order valence-corrected chi connectivity index (χ0v) is 13.2. The Kier molecular flexibility index (Phi) is 4.94. The fourth-order valence-electron chi connectivity index (χ4n) is 2.09. The van der Waals surface area contributed by atoms with Gasteiger partial charge in [0.1, 0.15) is 4.90 Å². The van der Waals surface area contributed by atoms with Gasteiger partial charge in [0.05, 0.1) is 24.8 Å². The fraction of sp³-hybridized carbons (Fsp3) is 0.500. The number of benzene rings is 1. The van der Waals surface area contributed by atoms with Crippen molar-refractivity contribution in [1.29, 1.82) is 0 Å². The van der Waals surface area contributed by atoms with Crippen LogP contribution in [0.1, 0.15) is 12.5 Å². The third-order valence-electron chi connectivity index (χ3n) is 3.16. The molecule has 0 amide bonds. The Bertz CT molecular complexity index is 606. The molecule has 1 N–H and O–H groups in total. The number of ether oxygens (including phenoxy) is 1. The zero-order chi connectivity index (χ0) is 14.9. The fourth-order valence-corrected chi connectivity index (χ4v) is 4.52. The van der Waals surface area contributed by atoms with Crippen LogP contribution in [-0.2, 0) is 21.4 Å². The Morgan fingerprint density at radius 3 is 2.70 bits per heavy atom. The van der Waals surface area contributed by atoms with Crippen molar-refractivity contribution in [3.05, 3.63) is 27.7 Å². The quantitative estimate of drug-likeness (QED) is 0.913. The third-order valence-corrected chi connectivity index (χ3v) is 5.99. The van der Waals surface area contributed by atoms with Gasteiger partial charge >= 0.3 is 0 Å². The summed E-state index contributed by atoms with van der Waals surface area (Å²) in [6, 6.07) is 2.40. The molecule has 1 aromatic rings. The van der Waals surface area contributed by atoms with Gasteiger partial charge in [-0.25, -0.2) is 8.42 Å². The van der Waals surface area contributed by atoms with Crippen molar-refractivity contribution in [2.75, 3.05) is 19.8 Å². The van der Waals surface area contributed by atoms with E-state index in [1.807, 2.05) is 0 Å². The van der Waals surface area contributed by atoms with Gasteiger partial charge in [-0.3, -0.25) is 0 Å². The number of sulfonamides is 1. The van der Waals surface area contributed by atoms with Crippen LogP contribution < -0.4 is 0 Å². The smallest absolute Gasteiger partial charge is 0.244 e. The summed E-state index contributed by atoms with van der Waals surface area (Å²) in [5, 5.41) is 9.50. The van der Waals surface area contributed by atoms with E-state index in [1.54, 1.807) is 6.92 Å². The summed E-state index contributed by atoms with van der Waals surface area (Å²) >= 11 is 11.9.